The number of ketones is 1. The Morgan fingerprint density at radius 2 is 1.97 bits per heavy atom. The number of ether oxygens (including phenoxy) is 2. The normalized spacial score (nSPS) is 14.8. The van der Waals surface area contributed by atoms with E-state index in [1.807, 2.05) is 39.0 Å². The SMILES string of the molecule is C=CCc1c(OC(CCCC(C)C)NC(=O)OC(C)(C)C)ccc2c1CCCC2=O. The molecular weight excluding hydrogens is 378 g/mol. The van der Waals surface area contributed by atoms with Gasteiger partial charge in [-0.3, -0.25) is 10.1 Å². The average Bonchev–Trinajstić information content (AvgIpc) is 2.62. The van der Waals surface area contributed by atoms with Crippen LogP contribution < -0.4 is 10.1 Å². The third kappa shape index (κ3) is 7.19. The molecule has 5 nitrogen and oxygen atoms in total. The molecule has 0 fully saturated rings. The lowest BCUT2D eigenvalue weighted by Gasteiger charge is -2.27. The molecule has 1 aliphatic carbocycles. The zero-order chi connectivity index (χ0) is 22.3. The average molecular weight is 416 g/mol. The lowest BCUT2D eigenvalue weighted by Crippen LogP contribution is -2.42. The zero-order valence-electron chi connectivity index (χ0n) is 19.2. The van der Waals surface area contributed by atoms with E-state index in [-0.39, 0.29) is 5.78 Å². The van der Waals surface area contributed by atoms with Gasteiger partial charge >= 0.3 is 6.09 Å². The number of Topliss-reactive ketones (excluding diaryl/α,β-unsaturated/α-hetero) is 1. The largest absolute Gasteiger partial charge is 0.470 e. The lowest BCUT2D eigenvalue weighted by molar-refractivity contribution is 0.0378. The van der Waals surface area contributed by atoms with Crippen molar-refractivity contribution in [1.82, 2.24) is 5.32 Å². The number of fused-ring (bicyclic) bond motifs is 1. The van der Waals surface area contributed by atoms with Gasteiger partial charge in [0.15, 0.2) is 12.0 Å². The predicted octanol–water partition coefficient (Wildman–Crippen LogP) is 5.99. The molecule has 1 atom stereocenters. The summed E-state index contributed by atoms with van der Waals surface area (Å²) >= 11 is 0. The Hall–Kier alpha value is -2.30. The Bertz CT molecular complexity index is 761. The number of carbonyl (C=O) groups excluding carboxylic acids is 2. The van der Waals surface area contributed by atoms with Crippen molar-refractivity contribution in [2.24, 2.45) is 5.92 Å². The van der Waals surface area contributed by atoms with E-state index in [9.17, 15) is 9.59 Å². The molecule has 1 amide bonds. The number of alkyl carbamates (subject to hydrolysis) is 1. The summed E-state index contributed by atoms with van der Waals surface area (Å²) in [6.07, 6.45) is 6.43. The van der Waals surface area contributed by atoms with Crippen LogP contribution in [0.5, 0.6) is 5.75 Å². The minimum absolute atomic E-state index is 0.188. The number of benzene rings is 1. The first-order chi connectivity index (χ1) is 14.1. The van der Waals surface area contributed by atoms with Crippen LogP contribution >= 0.6 is 0 Å². The summed E-state index contributed by atoms with van der Waals surface area (Å²) in [5.74, 6) is 1.47. The van der Waals surface area contributed by atoms with Crippen LogP contribution in [-0.4, -0.2) is 23.7 Å². The highest BCUT2D eigenvalue weighted by molar-refractivity contribution is 5.99. The molecule has 1 aromatic rings. The van der Waals surface area contributed by atoms with Gasteiger partial charge in [-0.05, 0) is 70.1 Å². The minimum atomic E-state index is -0.577. The summed E-state index contributed by atoms with van der Waals surface area (Å²) in [5, 5.41) is 2.88. The molecule has 2 rings (SSSR count). The number of nitrogens with one attached hydrogen (secondary N) is 1. The molecule has 0 saturated heterocycles. The van der Waals surface area contributed by atoms with Crippen molar-refractivity contribution < 1.29 is 19.1 Å². The first-order valence-corrected chi connectivity index (χ1v) is 11.1. The predicted molar refractivity (Wildman–Crippen MR) is 120 cm³/mol. The van der Waals surface area contributed by atoms with E-state index >= 15 is 0 Å². The fourth-order valence-corrected chi connectivity index (χ4v) is 3.72. The fraction of sp³-hybridized carbons (Fsp3) is 0.600. The summed E-state index contributed by atoms with van der Waals surface area (Å²) in [4.78, 5) is 24.7. The van der Waals surface area contributed by atoms with E-state index < -0.39 is 17.9 Å². The van der Waals surface area contributed by atoms with Crippen LogP contribution in [0.25, 0.3) is 0 Å². The molecule has 1 aromatic carbocycles. The highest BCUT2D eigenvalue weighted by Crippen LogP contribution is 2.32. The number of rotatable bonds is 9. The Morgan fingerprint density at radius 3 is 2.60 bits per heavy atom. The molecule has 1 unspecified atom stereocenters. The van der Waals surface area contributed by atoms with Gasteiger partial charge in [0.1, 0.15) is 11.4 Å². The third-order valence-electron chi connectivity index (χ3n) is 5.06. The topological polar surface area (TPSA) is 64.6 Å². The smallest absolute Gasteiger partial charge is 0.410 e. The van der Waals surface area contributed by atoms with Crippen LogP contribution in [-0.2, 0) is 17.6 Å². The standard InChI is InChI=1S/C25H37NO4/c1-7-10-20-18-12-9-13-21(27)19(18)15-16-22(20)29-23(14-8-11-17(2)3)26-24(28)30-25(4,5)6/h7,15-17,23H,1,8-14H2,2-6H3,(H,26,28). The Kier molecular flexibility index (Phi) is 8.51. The van der Waals surface area contributed by atoms with Gasteiger partial charge in [0.05, 0.1) is 0 Å². The lowest BCUT2D eigenvalue weighted by atomic mass is 9.86. The molecule has 0 heterocycles. The van der Waals surface area contributed by atoms with Gasteiger partial charge in [0.2, 0.25) is 0 Å². The van der Waals surface area contributed by atoms with E-state index in [0.717, 1.165) is 42.4 Å². The quantitative estimate of drug-likeness (QED) is 0.397. The first kappa shape index (κ1) is 24.0. The van der Waals surface area contributed by atoms with Crippen molar-refractivity contribution in [1.29, 1.82) is 0 Å². The van der Waals surface area contributed by atoms with E-state index in [2.05, 4.69) is 25.7 Å². The first-order valence-electron chi connectivity index (χ1n) is 11.1. The molecule has 0 spiro atoms. The van der Waals surface area contributed by atoms with Gasteiger partial charge in [-0.25, -0.2) is 4.79 Å². The van der Waals surface area contributed by atoms with Crippen LogP contribution in [0.1, 0.15) is 88.2 Å². The maximum atomic E-state index is 12.4. The Morgan fingerprint density at radius 1 is 1.23 bits per heavy atom. The summed E-state index contributed by atoms with van der Waals surface area (Å²) < 4.78 is 11.7. The third-order valence-corrected chi connectivity index (χ3v) is 5.06. The molecule has 0 radical (unpaired) electrons. The van der Waals surface area contributed by atoms with Gasteiger partial charge in [-0.1, -0.05) is 26.3 Å². The molecule has 5 heteroatoms. The van der Waals surface area contributed by atoms with Crippen LogP contribution in [0.15, 0.2) is 24.8 Å². The fourth-order valence-electron chi connectivity index (χ4n) is 3.72. The molecule has 0 saturated carbocycles. The monoisotopic (exact) mass is 415 g/mol. The van der Waals surface area contributed by atoms with Crippen molar-refractivity contribution >= 4 is 11.9 Å². The molecule has 0 bridgehead atoms. The van der Waals surface area contributed by atoms with Crippen LogP contribution in [0, 0.1) is 5.92 Å². The van der Waals surface area contributed by atoms with E-state index in [0.29, 0.717) is 30.9 Å². The maximum absolute atomic E-state index is 12.4. The number of allylic oxidation sites excluding steroid dienone is 1. The van der Waals surface area contributed by atoms with Crippen molar-refractivity contribution in [3.63, 3.8) is 0 Å². The molecule has 30 heavy (non-hydrogen) atoms. The maximum Gasteiger partial charge on any atom is 0.410 e. The van der Waals surface area contributed by atoms with Gasteiger partial charge in [0.25, 0.3) is 0 Å². The van der Waals surface area contributed by atoms with E-state index in [1.54, 1.807) is 0 Å². The van der Waals surface area contributed by atoms with Crippen LogP contribution in [0.4, 0.5) is 4.79 Å². The van der Waals surface area contributed by atoms with Gasteiger partial charge in [-0.15, -0.1) is 6.58 Å². The highest BCUT2D eigenvalue weighted by Gasteiger charge is 2.25. The molecule has 166 valence electrons. The molecule has 1 N–H and O–H groups in total. The van der Waals surface area contributed by atoms with E-state index in [4.69, 9.17) is 9.47 Å². The molecular formula is C25H37NO4. The minimum Gasteiger partial charge on any atom is -0.470 e. The van der Waals surface area contributed by atoms with Crippen molar-refractivity contribution in [3.05, 3.63) is 41.5 Å². The second-order valence-electron chi connectivity index (χ2n) is 9.42. The van der Waals surface area contributed by atoms with Crippen LogP contribution in [0.3, 0.4) is 0 Å². The number of amides is 1. The van der Waals surface area contributed by atoms with Crippen LogP contribution in [0.2, 0.25) is 0 Å². The van der Waals surface area contributed by atoms with Crippen molar-refractivity contribution in [2.45, 2.75) is 91.4 Å². The summed E-state index contributed by atoms with van der Waals surface area (Å²) in [6, 6.07) is 3.71. The Labute approximate surface area is 181 Å². The van der Waals surface area contributed by atoms with Gasteiger partial charge in [0, 0.05) is 24.0 Å². The Balaban J connectivity index is 2.25. The number of carbonyl (C=O) groups is 2. The van der Waals surface area contributed by atoms with Crippen molar-refractivity contribution in [3.8, 4) is 5.75 Å². The summed E-state index contributed by atoms with van der Waals surface area (Å²) in [6.45, 7) is 13.7. The number of hydrogen-bond acceptors (Lipinski definition) is 4. The molecule has 0 aromatic heterocycles. The highest BCUT2D eigenvalue weighted by atomic mass is 16.6. The summed E-state index contributed by atoms with van der Waals surface area (Å²) in [5.41, 5.74) is 2.27. The van der Waals surface area contributed by atoms with Gasteiger partial charge in [-0.2, -0.15) is 0 Å². The number of hydrogen-bond donors (Lipinski definition) is 1. The zero-order valence-corrected chi connectivity index (χ0v) is 19.2. The molecule has 1 aliphatic rings. The molecule has 0 aliphatic heterocycles. The summed E-state index contributed by atoms with van der Waals surface area (Å²) in [7, 11) is 0. The van der Waals surface area contributed by atoms with Crippen molar-refractivity contribution in [2.75, 3.05) is 0 Å². The second-order valence-corrected chi connectivity index (χ2v) is 9.42. The van der Waals surface area contributed by atoms with E-state index in [1.165, 1.54) is 0 Å². The second kappa shape index (κ2) is 10.6. The van der Waals surface area contributed by atoms with Gasteiger partial charge < -0.3 is 9.47 Å².